The molecular formula is C17H27N. The van der Waals surface area contributed by atoms with Crippen LogP contribution in [-0.2, 0) is 6.42 Å². The molecule has 1 aliphatic rings. The van der Waals surface area contributed by atoms with Gasteiger partial charge in [-0.25, -0.2) is 0 Å². The zero-order valence-corrected chi connectivity index (χ0v) is 12.1. The molecule has 0 radical (unpaired) electrons. The molecule has 1 N–H and O–H groups in total. The number of hydrogen-bond donors (Lipinski definition) is 1. The summed E-state index contributed by atoms with van der Waals surface area (Å²) in [7, 11) is 0. The van der Waals surface area contributed by atoms with Gasteiger partial charge in [-0.2, -0.15) is 0 Å². The fraction of sp³-hybridized carbons (Fsp3) is 0.647. The minimum atomic E-state index is 0.750. The lowest BCUT2D eigenvalue weighted by molar-refractivity contribution is 0.163. The van der Waals surface area contributed by atoms with Gasteiger partial charge >= 0.3 is 0 Å². The second-order valence-electron chi connectivity index (χ2n) is 5.57. The van der Waals surface area contributed by atoms with Gasteiger partial charge in [0.15, 0.2) is 0 Å². The van der Waals surface area contributed by atoms with E-state index in [0.29, 0.717) is 0 Å². The summed E-state index contributed by atoms with van der Waals surface area (Å²) in [5.74, 6) is 1.62. The van der Waals surface area contributed by atoms with Crippen molar-refractivity contribution >= 4 is 0 Å². The highest BCUT2D eigenvalue weighted by molar-refractivity contribution is 5.28. The molecule has 1 aliphatic carbocycles. The normalized spacial score (nSPS) is 26.9. The average molecular weight is 245 g/mol. The van der Waals surface area contributed by atoms with Gasteiger partial charge in [-0.05, 0) is 42.3 Å². The largest absolute Gasteiger partial charge is 0.314 e. The van der Waals surface area contributed by atoms with Gasteiger partial charge in [0.2, 0.25) is 0 Å². The van der Waals surface area contributed by atoms with Crippen LogP contribution < -0.4 is 5.32 Å². The Kier molecular flexibility index (Phi) is 4.82. The Morgan fingerprint density at radius 3 is 2.39 bits per heavy atom. The van der Waals surface area contributed by atoms with Crippen molar-refractivity contribution in [2.24, 2.45) is 5.92 Å². The van der Waals surface area contributed by atoms with Gasteiger partial charge in [-0.1, -0.05) is 57.9 Å². The summed E-state index contributed by atoms with van der Waals surface area (Å²) in [6.07, 6.45) is 5.06. The number of benzene rings is 1. The number of aryl methyl sites for hydroxylation is 1. The molecule has 0 heterocycles. The van der Waals surface area contributed by atoms with Crippen LogP contribution in [0.4, 0.5) is 0 Å². The highest BCUT2D eigenvalue weighted by Crippen LogP contribution is 2.44. The SMILES string of the molecule is CCCc1ccc(C2CC(NCC)C2CC)cc1. The maximum atomic E-state index is 3.61. The van der Waals surface area contributed by atoms with Crippen LogP contribution in [0.1, 0.15) is 57.1 Å². The molecule has 0 aromatic heterocycles. The number of rotatable bonds is 6. The number of hydrogen-bond acceptors (Lipinski definition) is 1. The standard InChI is InChI=1S/C17H27N/c1-4-7-13-8-10-14(11-9-13)16-12-17(18-6-3)15(16)5-2/h8-11,15-18H,4-7,12H2,1-3H3. The quantitative estimate of drug-likeness (QED) is 0.794. The lowest BCUT2D eigenvalue weighted by Gasteiger charge is -2.45. The molecule has 1 saturated carbocycles. The Labute approximate surface area is 112 Å². The fourth-order valence-electron chi connectivity index (χ4n) is 3.38. The summed E-state index contributed by atoms with van der Waals surface area (Å²) in [5.41, 5.74) is 3.03. The Hall–Kier alpha value is -0.820. The van der Waals surface area contributed by atoms with E-state index >= 15 is 0 Å². The minimum Gasteiger partial charge on any atom is -0.314 e. The van der Waals surface area contributed by atoms with Crippen molar-refractivity contribution in [3.63, 3.8) is 0 Å². The van der Waals surface area contributed by atoms with E-state index in [4.69, 9.17) is 0 Å². The van der Waals surface area contributed by atoms with Crippen LogP contribution in [0.25, 0.3) is 0 Å². The van der Waals surface area contributed by atoms with Crippen molar-refractivity contribution in [2.75, 3.05) is 6.54 Å². The first kappa shape index (κ1) is 13.6. The van der Waals surface area contributed by atoms with Crippen molar-refractivity contribution in [3.05, 3.63) is 35.4 Å². The predicted octanol–water partition coefficient (Wildman–Crippen LogP) is 4.13. The molecule has 0 amide bonds. The predicted molar refractivity (Wildman–Crippen MR) is 79.0 cm³/mol. The summed E-state index contributed by atoms with van der Waals surface area (Å²) < 4.78 is 0. The zero-order valence-electron chi connectivity index (χ0n) is 12.1. The van der Waals surface area contributed by atoms with Crippen LogP contribution in [-0.4, -0.2) is 12.6 Å². The second-order valence-corrected chi connectivity index (χ2v) is 5.57. The van der Waals surface area contributed by atoms with Gasteiger partial charge in [0, 0.05) is 6.04 Å². The molecule has 0 bridgehead atoms. The Bertz CT molecular complexity index is 354. The molecule has 0 spiro atoms. The van der Waals surface area contributed by atoms with E-state index in [1.54, 1.807) is 5.56 Å². The molecule has 0 saturated heterocycles. The van der Waals surface area contributed by atoms with E-state index in [-0.39, 0.29) is 0 Å². The molecule has 1 aromatic rings. The van der Waals surface area contributed by atoms with Crippen LogP contribution in [0.2, 0.25) is 0 Å². The third kappa shape index (κ3) is 2.77. The first-order valence-electron chi connectivity index (χ1n) is 7.62. The highest BCUT2D eigenvalue weighted by Gasteiger charge is 2.39. The molecule has 18 heavy (non-hydrogen) atoms. The molecule has 1 nitrogen and oxygen atoms in total. The van der Waals surface area contributed by atoms with Gasteiger partial charge < -0.3 is 5.32 Å². The van der Waals surface area contributed by atoms with Crippen molar-refractivity contribution in [1.29, 1.82) is 0 Å². The summed E-state index contributed by atoms with van der Waals surface area (Å²) in [4.78, 5) is 0. The molecule has 3 unspecified atom stereocenters. The minimum absolute atomic E-state index is 0.750. The van der Waals surface area contributed by atoms with Gasteiger partial charge in [0.25, 0.3) is 0 Å². The van der Waals surface area contributed by atoms with Crippen molar-refractivity contribution in [1.82, 2.24) is 5.32 Å². The van der Waals surface area contributed by atoms with Crippen LogP contribution in [0.5, 0.6) is 0 Å². The Morgan fingerprint density at radius 1 is 1.11 bits per heavy atom. The van der Waals surface area contributed by atoms with Crippen LogP contribution in [0, 0.1) is 5.92 Å². The highest BCUT2D eigenvalue weighted by atomic mass is 14.9. The monoisotopic (exact) mass is 245 g/mol. The first-order valence-corrected chi connectivity index (χ1v) is 7.62. The summed E-state index contributed by atoms with van der Waals surface area (Å²) in [6, 6.07) is 10.1. The van der Waals surface area contributed by atoms with E-state index in [0.717, 1.165) is 24.4 Å². The van der Waals surface area contributed by atoms with Crippen molar-refractivity contribution < 1.29 is 0 Å². The van der Waals surface area contributed by atoms with Crippen LogP contribution in [0.15, 0.2) is 24.3 Å². The topological polar surface area (TPSA) is 12.0 Å². The lowest BCUT2D eigenvalue weighted by atomic mass is 9.65. The van der Waals surface area contributed by atoms with E-state index < -0.39 is 0 Å². The molecule has 1 heteroatoms. The maximum Gasteiger partial charge on any atom is 0.0107 e. The Balaban J connectivity index is 1.99. The summed E-state index contributed by atoms with van der Waals surface area (Å²) in [6.45, 7) is 7.88. The lowest BCUT2D eigenvalue weighted by Crippen LogP contribution is -2.48. The van der Waals surface area contributed by atoms with E-state index in [2.05, 4.69) is 50.4 Å². The molecule has 0 aliphatic heterocycles. The van der Waals surface area contributed by atoms with Gasteiger partial charge in [0.05, 0.1) is 0 Å². The molecule has 1 fully saturated rings. The van der Waals surface area contributed by atoms with Gasteiger partial charge in [-0.15, -0.1) is 0 Å². The summed E-state index contributed by atoms with van der Waals surface area (Å²) in [5, 5.41) is 3.61. The maximum absolute atomic E-state index is 3.61. The summed E-state index contributed by atoms with van der Waals surface area (Å²) >= 11 is 0. The first-order chi connectivity index (χ1) is 8.80. The van der Waals surface area contributed by atoms with Crippen molar-refractivity contribution in [2.45, 2.75) is 58.4 Å². The van der Waals surface area contributed by atoms with E-state index in [1.807, 2.05) is 0 Å². The van der Waals surface area contributed by atoms with E-state index in [9.17, 15) is 0 Å². The smallest absolute Gasteiger partial charge is 0.0107 e. The molecule has 100 valence electrons. The zero-order chi connectivity index (χ0) is 13.0. The molecule has 3 atom stereocenters. The molecular weight excluding hydrogens is 218 g/mol. The van der Waals surface area contributed by atoms with Crippen LogP contribution >= 0.6 is 0 Å². The van der Waals surface area contributed by atoms with Crippen LogP contribution in [0.3, 0.4) is 0 Å². The molecule has 2 rings (SSSR count). The van der Waals surface area contributed by atoms with Gasteiger partial charge in [-0.3, -0.25) is 0 Å². The van der Waals surface area contributed by atoms with E-state index in [1.165, 1.54) is 31.2 Å². The molecule has 1 aromatic carbocycles. The third-order valence-corrected chi connectivity index (χ3v) is 4.43. The fourth-order valence-corrected chi connectivity index (χ4v) is 3.38. The second kappa shape index (κ2) is 6.38. The van der Waals surface area contributed by atoms with Gasteiger partial charge in [0.1, 0.15) is 0 Å². The number of nitrogens with one attached hydrogen (secondary N) is 1. The third-order valence-electron chi connectivity index (χ3n) is 4.43. The Morgan fingerprint density at radius 2 is 1.83 bits per heavy atom. The van der Waals surface area contributed by atoms with Crippen molar-refractivity contribution in [3.8, 4) is 0 Å². The average Bonchev–Trinajstić information content (AvgIpc) is 2.36.